The Labute approximate surface area is 221 Å². The Morgan fingerprint density at radius 2 is 1.62 bits per heavy atom. The molecule has 0 heterocycles. The number of benzene rings is 1. The van der Waals surface area contributed by atoms with Crippen LogP contribution >= 0.6 is 0 Å². The average molecular weight is 505 g/mol. The number of aromatic carboxylic acids is 1. The zero-order chi connectivity index (χ0) is 26.4. The molecule has 0 radical (unpaired) electrons. The Hall–Kier alpha value is -2.10. The summed E-state index contributed by atoms with van der Waals surface area (Å²) in [6.07, 6.45) is 13.4. The summed E-state index contributed by atoms with van der Waals surface area (Å²) in [5.74, 6) is 1.43. The molecule has 0 spiro atoms. The lowest BCUT2D eigenvalue weighted by Crippen LogP contribution is -2.61. The molecule has 0 amide bonds. The average Bonchev–Trinajstić information content (AvgIpc) is 3.30. The lowest BCUT2D eigenvalue weighted by Gasteiger charge is -2.68. The molecule has 1 aromatic carbocycles. The standard InChI is InChI=1S/C33H44O4/c1-30(2)23(20-7-5-8-21(19-20)28(34)35)12-16-32(4)26(30)14-17-31(3)24-13-18-33(29(36)37)15-6-9-25(33)22(24)10-11-27(31)32/h5,7-8,12,19,22,24-27H,6,9-11,13-18H2,1-4H3,(H,34,35)(H,36,37)/t22-,24?,25?,26?,27?,31-,32-,33-/m0/s1. The second-order valence-corrected chi connectivity index (χ2v) is 14.4. The van der Waals surface area contributed by atoms with Gasteiger partial charge in [0.1, 0.15) is 0 Å². The maximum Gasteiger partial charge on any atom is 0.335 e. The predicted molar refractivity (Wildman–Crippen MR) is 145 cm³/mol. The van der Waals surface area contributed by atoms with E-state index in [4.69, 9.17) is 0 Å². The number of carboxylic acids is 2. The van der Waals surface area contributed by atoms with E-state index in [2.05, 4.69) is 39.8 Å². The predicted octanol–water partition coefficient (Wildman–Crippen LogP) is 7.93. The van der Waals surface area contributed by atoms with Gasteiger partial charge in [0.2, 0.25) is 0 Å². The molecule has 5 aliphatic rings. The molecule has 200 valence electrons. The molecule has 4 saturated carbocycles. The Morgan fingerprint density at radius 1 is 0.838 bits per heavy atom. The highest BCUT2D eigenvalue weighted by molar-refractivity contribution is 5.89. The fraction of sp³-hybridized carbons (Fsp3) is 0.697. The van der Waals surface area contributed by atoms with Gasteiger partial charge in [-0.05, 0) is 127 Å². The highest BCUT2D eigenvalue weighted by atomic mass is 16.4. The van der Waals surface area contributed by atoms with Crippen LogP contribution in [0.1, 0.15) is 108 Å². The van der Waals surface area contributed by atoms with Gasteiger partial charge in [-0.25, -0.2) is 4.79 Å². The fourth-order valence-corrected chi connectivity index (χ4v) is 11.5. The van der Waals surface area contributed by atoms with E-state index >= 15 is 0 Å². The minimum absolute atomic E-state index is 0.0290. The molecule has 0 bridgehead atoms. The van der Waals surface area contributed by atoms with Gasteiger partial charge in [-0.2, -0.15) is 0 Å². The molecular formula is C33H44O4. The number of allylic oxidation sites excluding steroid dienone is 2. The normalized spacial score (nSPS) is 44.0. The molecule has 0 saturated heterocycles. The van der Waals surface area contributed by atoms with Gasteiger partial charge in [0.25, 0.3) is 0 Å². The van der Waals surface area contributed by atoms with Crippen molar-refractivity contribution in [3.8, 4) is 0 Å². The summed E-state index contributed by atoms with van der Waals surface area (Å²) in [4.78, 5) is 24.1. The molecule has 37 heavy (non-hydrogen) atoms. The number of hydrogen-bond acceptors (Lipinski definition) is 2. The molecule has 4 nitrogen and oxygen atoms in total. The Balaban J connectivity index is 1.34. The lowest BCUT2D eigenvalue weighted by molar-refractivity contribution is -0.187. The number of carboxylic acid groups (broad SMARTS) is 2. The van der Waals surface area contributed by atoms with Crippen LogP contribution in [0.2, 0.25) is 0 Å². The van der Waals surface area contributed by atoms with Gasteiger partial charge in [0, 0.05) is 0 Å². The first-order chi connectivity index (χ1) is 17.4. The largest absolute Gasteiger partial charge is 0.481 e. The molecule has 0 aromatic heterocycles. The van der Waals surface area contributed by atoms with Crippen molar-refractivity contribution in [3.63, 3.8) is 0 Å². The first-order valence-electron chi connectivity index (χ1n) is 14.7. The first-order valence-corrected chi connectivity index (χ1v) is 14.7. The van der Waals surface area contributed by atoms with Crippen LogP contribution in [0.5, 0.6) is 0 Å². The summed E-state index contributed by atoms with van der Waals surface area (Å²) in [5, 5.41) is 19.8. The maximum absolute atomic E-state index is 12.5. The summed E-state index contributed by atoms with van der Waals surface area (Å²) in [6.45, 7) is 9.93. The van der Waals surface area contributed by atoms with Crippen LogP contribution in [0.4, 0.5) is 0 Å². The van der Waals surface area contributed by atoms with Gasteiger partial charge in [0.05, 0.1) is 11.0 Å². The summed E-state index contributed by atoms with van der Waals surface area (Å²) in [6, 6.07) is 7.50. The third-order valence-electron chi connectivity index (χ3n) is 12.9. The summed E-state index contributed by atoms with van der Waals surface area (Å²) in [5.41, 5.74) is 2.75. The van der Waals surface area contributed by atoms with Gasteiger partial charge >= 0.3 is 11.9 Å². The van der Waals surface area contributed by atoms with Gasteiger partial charge in [0.15, 0.2) is 0 Å². The van der Waals surface area contributed by atoms with E-state index in [1.807, 2.05) is 12.1 Å². The summed E-state index contributed by atoms with van der Waals surface area (Å²) in [7, 11) is 0. The van der Waals surface area contributed by atoms with Crippen LogP contribution in [0, 0.1) is 51.2 Å². The highest BCUT2D eigenvalue weighted by Crippen LogP contribution is 2.73. The van der Waals surface area contributed by atoms with E-state index < -0.39 is 17.4 Å². The minimum Gasteiger partial charge on any atom is -0.481 e. The van der Waals surface area contributed by atoms with E-state index in [-0.39, 0.29) is 16.2 Å². The Morgan fingerprint density at radius 3 is 2.35 bits per heavy atom. The molecule has 4 fully saturated rings. The minimum atomic E-state index is -0.868. The van der Waals surface area contributed by atoms with Crippen molar-refractivity contribution in [3.05, 3.63) is 41.5 Å². The van der Waals surface area contributed by atoms with Gasteiger partial charge < -0.3 is 10.2 Å². The second kappa shape index (κ2) is 8.20. The zero-order valence-electron chi connectivity index (χ0n) is 23.1. The van der Waals surface area contributed by atoms with Crippen LogP contribution in [0.3, 0.4) is 0 Å². The molecule has 6 rings (SSSR count). The van der Waals surface area contributed by atoms with Crippen molar-refractivity contribution in [2.45, 2.75) is 91.9 Å². The van der Waals surface area contributed by atoms with E-state index in [1.54, 1.807) is 6.07 Å². The van der Waals surface area contributed by atoms with Crippen LogP contribution < -0.4 is 0 Å². The molecule has 4 unspecified atom stereocenters. The molecule has 1 aromatic rings. The summed E-state index contributed by atoms with van der Waals surface area (Å²) < 4.78 is 0. The van der Waals surface area contributed by atoms with Crippen molar-refractivity contribution >= 4 is 17.5 Å². The zero-order valence-corrected chi connectivity index (χ0v) is 23.1. The van der Waals surface area contributed by atoms with E-state index in [0.717, 1.165) is 44.1 Å². The monoisotopic (exact) mass is 504 g/mol. The smallest absolute Gasteiger partial charge is 0.335 e. The molecular weight excluding hydrogens is 460 g/mol. The first kappa shape index (κ1) is 25.2. The van der Waals surface area contributed by atoms with Crippen molar-refractivity contribution in [2.75, 3.05) is 0 Å². The van der Waals surface area contributed by atoms with Crippen LogP contribution in [-0.4, -0.2) is 22.2 Å². The number of aliphatic carboxylic acids is 1. The van der Waals surface area contributed by atoms with Crippen LogP contribution in [0.15, 0.2) is 30.3 Å². The maximum atomic E-state index is 12.5. The molecule has 2 N–H and O–H groups in total. The molecule has 4 heteroatoms. The van der Waals surface area contributed by atoms with Gasteiger partial charge in [-0.3, -0.25) is 4.79 Å². The van der Waals surface area contributed by atoms with Crippen LogP contribution in [0.25, 0.3) is 5.57 Å². The Bertz CT molecular complexity index is 1160. The molecule has 0 aliphatic heterocycles. The SMILES string of the molecule is CC1(C)C(c2cccc(C(=O)O)c2)=CC[C@@]2(C)C1CC[C@@]1(C)C3CC[C@@]4(C(=O)O)CCCC4[C@H]3CCC12. The second-order valence-electron chi connectivity index (χ2n) is 14.4. The van der Waals surface area contributed by atoms with E-state index in [9.17, 15) is 19.8 Å². The molecule has 8 atom stereocenters. The van der Waals surface area contributed by atoms with Crippen molar-refractivity contribution in [1.29, 1.82) is 0 Å². The molecule has 5 aliphatic carbocycles. The topological polar surface area (TPSA) is 74.6 Å². The Kier molecular flexibility index (Phi) is 5.58. The van der Waals surface area contributed by atoms with E-state index in [0.29, 0.717) is 35.2 Å². The number of carbonyl (C=O) groups is 2. The number of fused-ring (bicyclic) bond motifs is 7. The summed E-state index contributed by atoms with van der Waals surface area (Å²) >= 11 is 0. The third-order valence-corrected chi connectivity index (χ3v) is 12.9. The number of hydrogen-bond donors (Lipinski definition) is 2. The van der Waals surface area contributed by atoms with Crippen molar-refractivity contribution in [1.82, 2.24) is 0 Å². The van der Waals surface area contributed by atoms with Gasteiger partial charge in [-0.1, -0.05) is 52.3 Å². The third kappa shape index (κ3) is 3.32. The fourth-order valence-electron chi connectivity index (χ4n) is 11.5. The van der Waals surface area contributed by atoms with Crippen molar-refractivity contribution < 1.29 is 19.8 Å². The van der Waals surface area contributed by atoms with Crippen molar-refractivity contribution in [2.24, 2.45) is 51.2 Å². The quantitative estimate of drug-likeness (QED) is 0.438. The van der Waals surface area contributed by atoms with Crippen LogP contribution in [-0.2, 0) is 4.79 Å². The van der Waals surface area contributed by atoms with Gasteiger partial charge in [-0.15, -0.1) is 0 Å². The number of rotatable bonds is 3. The van der Waals surface area contributed by atoms with E-state index in [1.165, 1.54) is 31.3 Å². The highest BCUT2D eigenvalue weighted by Gasteiger charge is 2.66. The lowest BCUT2D eigenvalue weighted by atomic mass is 9.36.